The molecule has 0 unspecified atom stereocenters. The Morgan fingerprint density at radius 2 is 2.00 bits per heavy atom. The van der Waals surface area contributed by atoms with Gasteiger partial charge in [-0.1, -0.05) is 6.07 Å². The van der Waals surface area contributed by atoms with E-state index in [1.165, 1.54) is 11.5 Å². The molecule has 9 heteroatoms. The number of nitrogens with zero attached hydrogens (tertiary/aromatic N) is 5. The van der Waals surface area contributed by atoms with Crippen molar-refractivity contribution in [1.82, 2.24) is 23.7 Å². The molecule has 1 amide bonds. The second-order valence-corrected chi connectivity index (χ2v) is 6.94. The lowest BCUT2D eigenvalue weighted by atomic mass is 10.1. The number of aromatic nitrogens is 3. The Labute approximate surface area is 166 Å². The van der Waals surface area contributed by atoms with Gasteiger partial charge in [0.1, 0.15) is 5.82 Å². The van der Waals surface area contributed by atoms with Gasteiger partial charge in [-0.05, 0) is 36.8 Å². The number of benzene rings is 1. The van der Waals surface area contributed by atoms with E-state index >= 15 is 0 Å². The molecule has 1 saturated heterocycles. The van der Waals surface area contributed by atoms with E-state index in [1.54, 1.807) is 6.20 Å². The summed E-state index contributed by atoms with van der Waals surface area (Å²) in [6.45, 7) is 3.14. The summed E-state index contributed by atoms with van der Waals surface area (Å²) < 4.78 is 6.14. The fourth-order valence-electron chi connectivity index (χ4n) is 3.02. The molecule has 0 atom stereocenters. The largest absolute Gasteiger partial charge is 0.483 e. The van der Waals surface area contributed by atoms with Gasteiger partial charge < -0.3 is 14.9 Å². The molecule has 1 aliphatic heterocycles. The van der Waals surface area contributed by atoms with Crippen molar-refractivity contribution in [2.24, 2.45) is 0 Å². The smallest absolute Gasteiger partial charge is 0.290 e. The number of rotatable bonds is 3. The van der Waals surface area contributed by atoms with Crippen molar-refractivity contribution in [3.8, 4) is 17.1 Å². The van der Waals surface area contributed by atoms with Crippen molar-refractivity contribution in [3.05, 3.63) is 53.8 Å². The lowest BCUT2D eigenvalue weighted by molar-refractivity contribution is -0.122. The molecular weight excluding hydrogens is 378 g/mol. The summed E-state index contributed by atoms with van der Waals surface area (Å²) in [6, 6.07) is 7.73. The molecule has 146 valence electrons. The number of carbonyl (C=O) groups excluding carboxylic acids is 1. The first-order valence-corrected chi connectivity index (χ1v) is 9.57. The van der Waals surface area contributed by atoms with Crippen molar-refractivity contribution in [3.63, 3.8) is 0 Å². The first kappa shape index (κ1) is 19.7. The van der Waals surface area contributed by atoms with E-state index in [0.29, 0.717) is 5.56 Å². The second-order valence-electron chi connectivity index (χ2n) is 6.29. The van der Waals surface area contributed by atoms with Crippen LogP contribution in [-0.2, 0) is 4.79 Å². The molecule has 0 radical (unpaired) electrons. The number of piperazine rings is 1. The van der Waals surface area contributed by atoms with Crippen LogP contribution in [0.5, 0.6) is 0 Å². The molecule has 3 heterocycles. The maximum absolute atomic E-state index is 12.8. The molecule has 1 aromatic carbocycles. The molecule has 1 fully saturated rings. The SMILES string of the molecule is CN1CCN(C(=O)c2cccc(-n3ccnc3-c3cnsc3)c2)CC1.O=CO. The van der Waals surface area contributed by atoms with Crippen molar-refractivity contribution in [2.45, 2.75) is 0 Å². The van der Waals surface area contributed by atoms with Gasteiger partial charge >= 0.3 is 0 Å². The third-order valence-corrected chi connectivity index (χ3v) is 5.08. The minimum atomic E-state index is -0.250. The standard InChI is InChI=1S/C18H19N5OS.CH2O2/c1-21-7-9-22(10-8-21)18(24)14-3-2-4-16(11-14)23-6-5-19-17(23)15-12-20-25-13-15;2-1-3/h2-6,11-13H,7-10H2,1H3;1H,(H,2,3). The highest BCUT2D eigenvalue weighted by atomic mass is 32.1. The molecule has 0 spiro atoms. The molecule has 1 aliphatic rings. The van der Waals surface area contributed by atoms with Crippen LogP contribution in [0.2, 0.25) is 0 Å². The predicted molar refractivity (Wildman–Crippen MR) is 107 cm³/mol. The van der Waals surface area contributed by atoms with Crippen LogP contribution in [0.25, 0.3) is 17.1 Å². The average molecular weight is 399 g/mol. The van der Waals surface area contributed by atoms with Crippen LogP contribution >= 0.6 is 11.5 Å². The third kappa shape index (κ3) is 4.44. The summed E-state index contributed by atoms with van der Waals surface area (Å²) in [4.78, 5) is 29.8. The van der Waals surface area contributed by atoms with Crippen molar-refractivity contribution >= 4 is 23.9 Å². The summed E-state index contributed by atoms with van der Waals surface area (Å²) >= 11 is 1.40. The number of amides is 1. The van der Waals surface area contributed by atoms with E-state index in [9.17, 15) is 4.79 Å². The van der Waals surface area contributed by atoms with Crippen molar-refractivity contribution in [2.75, 3.05) is 33.2 Å². The zero-order valence-corrected chi connectivity index (χ0v) is 16.2. The van der Waals surface area contributed by atoms with Gasteiger partial charge in [0.25, 0.3) is 12.4 Å². The third-order valence-electron chi connectivity index (χ3n) is 4.49. The van der Waals surface area contributed by atoms with E-state index in [4.69, 9.17) is 9.90 Å². The van der Waals surface area contributed by atoms with Gasteiger partial charge in [-0.15, -0.1) is 0 Å². The Morgan fingerprint density at radius 1 is 1.25 bits per heavy atom. The van der Waals surface area contributed by atoms with Crippen LogP contribution in [-0.4, -0.2) is 74.4 Å². The van der Waals surface area contributed by atoms with Crippen LogP contribution < -0.4 is 0 Å². The fraction of sp³-hybridized carbons (Fsp3) is 0.263. The maximum Gasteiger partial charge on any atom is 0.290 e. The minimum absolute atomic E-state index is 0.0915. The van der Waals surface area contributed by atoms with E-state index < -0.39 is 0 Å². The van der Waals surface area contributed by atoms with Gasteiger partial charge in [-0.3, -0.25) is 14.2 Å². The average Bonchev–Trinajstić information content (AvgIpc) is 3.40. The number of hydrogen-bond acceptors (Lipinski definition) is 6. The van der Waals surface area contributed by atoms with E-state index in [1.807, 2.05) is 51.5 Å². The van der Waals surface area contributed by atoms with Gasteiger partial charge in [0.15, 0.2) is 0 Å². The molecule has 4 rings (SSSR count). The van der Waals surface area contributed by atoms with Crippen LogP contribution in [0.4, 0.5) is 0 Å². The molecule has 1 N–H and O–H groups in total. The molecule has 0 bridgehead atoms. The Kier molecular flexibility index (Phi) is 6.51. The topological polar surface area (TPSA) is 91.6 Å². The summed E-state index contributed by atoms with van der Waals surface area (Å²) in [7, 11) is 2.09. The first-order chi connectivity index (χ1) is 13.6. The Morgan fingerprint density at radius 3 is 2.68 bits per heavy atom. The molecule has 28 heavy (non-hydrogen) atoms. The van der Waals surface area contributed by atoms with E-state index in [-0.39, 0.29) is 12.4 Å². The van der Waals surface area contributed by atoms with Gasteiger partial charge in [0.05, 0.1) is 6.20 Å². The molecule has 0 saturated carbocycles. The van der Waals surface area contributed by atoms with Gasteiger partial charge in [0.2, 0.25) is 0 Å². The van der Waals surface area contributed by atoms with Gasteiger partial charge in [0, 0.05) is 60.8 Å². The Balaban J connectivity index is 0.000000706. The highest BCUT2D eigenvalue weighted by Gasteiger charge is 2.20. The second kappa shape index (κ2) is 9.25. The molecule has 8 nitrogen and oxygen atoms in total. The molecule has 3 aromatic rings. The number of imidazole rings is 1. The zero-order chi connectivity index (χ0) is 19.9. The number of likely N-dealkylation sites (N-methyl/N-ethyl adjacent to an activating group) is 1. The summed E-state index contributed by atoms with van der Waals surface area (Å²) in [5.74, 6) is 0.923. The van der Waals surface area contributed by atoms with E-state index in [0.717, 1.165) is 43.3 Å². The van der Waals surface area contributed by atoms with Gasteiger partial charge in [-0.2, -0.15) is 0 Å². The fourth-order valence-corrected chi connectivity index (χ4v) is 3.54. The van der Waals surface area contributed by atoms with E-state index in [2.05, 4.69) is 21.3 Å². The maximum atomic E-state index is 12.8. The highest BCUT2D eigenvalue weighted by molar-refractivity contribution is 7.03. The van der Waals surface area contributed by atoms with Gasteiger partial charge in [-0.25, -0.2) is 9.36 Å². The van der Waals surface area contributed by atoms with Crippen LogP contribution in [0.15, 0.2) is 48.2 Å². The molecule has 0 aliphatic carbocycles. The monoisotopic (exact) mass is 399 g/mol. The lowest BCUT2D eigenvalue weighted by Crippen LogP contribution is -2.47. The Hall–Kier alpha value is -3.04. The number of carbonyl (C=O) groups is 2. The molecule has 2 aromatic heterocycles. The van der Waals surface area contributed by atoms with Crippen LogP contribution in [0, 0.1) is 0 Å². The summed E-state index contributed by atoms with van der Waals surface area (Å²) in [6.07, 6.45) is 5.48. The number of hydrogen-bond donors (Lipinski definition) is 1. The summed E-state index contributed by atoms with van der Waals surface area (Å²) in [5.41, 5.74) is 2.62. The normalized spacial score (nSPS) is 14.2. The minimum Gasteiger partial charge on any atom is -0.483 e. The number of carboxylic acid groups (broad SMARTS) is 1. The highest BCUT2D eigenvalue weighted by Crippen LogP contribution is 2.23. The Bertz CT molecular complexity index is 917. The molecular formula is C19H21N5O3S. The van der Waals surface area contributed by atoms with Crippen LogP contribution in [0.3, 0.4) is 0 Å². The lowest BCUT2D eigenvalue weighted by Gasteiger charge is -2.32. The summed E-state index contributed by atoms with van der Waals surface area (Å²) in [5, 5.41) is 8.86. The first-order valence-electron chi connectivity index (χ1n) is 8.73. The van der Waals surface area contributed by atoms with Crippen molar-refractivity contribution < 1.29 is 14.7 Å². The quantitative estimate of drug-likeness (QED) is 0.678. The zero-order valence-electron chi connectivity index (χ0n) is 15.4. The van der Waals surface area contributed by atoms with Crippen molar-refractivity contribution in [1.29, 1.82) is 0 Å². The predicted octanol–water partition coefficient (Wildman–Crippen LogP) is 2.08. The van der Waals surface area contributed by atoms with Crippen LogP contribution in [0.1, 0.15) is 10.4 Å².